The van der Waals surface area contributed by atoms with E-state index in [0.717, 1.165) is 12.8 Å². The molecule has 0 aromatic carbocycles. The van der Waals surface area contributed by atoms with Crippen molar-refractivity contribution in [2.45, 2.75) is 64.5 Å². The fourth-order valence-corrected chi connectivity index (χ4v) is 3.16. The zero-order valence-electron chi connectivity index (χ0n) is 13.3. The largest absolute Gasteiger partial charge is 0.376 e. The van der Waals surface area contributed by atoms with E-state index in [1.807, 2.05) is 0 Å². The summed E-state index contributed by atoms with van der Waals surface area (Å²) in [6, 6.07) is -0.360. The molecule has 1 saturated heterocycles. The highest BCUT2D eigenvalue weighted by Crippen LogP contribution is 2.20. The zero-order valence-corrected chi connectivity index (χ0v) is 13.3. The normalized spacial score (nSPS) is 24.5. The van der Waals surface area contributed by atoms with Gasteiger partial charge in [-0.25, -0.2) is 0 Å². The summed E-state index contributed by atoms with van der Waals surface area (Å²) in [6.07, 6.45) is 7.10. The van der Waals surface area contributed by atoms with Crippen LogP contribution in [0.5, 0.6) is 0 Å². The van der Waals surface area contributed by atoms with Crippen molar-refractivity contribution in [3.63, 3.8) is 0 Å². The highest BCUT2D eigenvalue weighted by atomic mass is 16.5. The zero-order chi connectivity index (χ0) is 15.2. The minimum atomic E-state index is -0.360. The van der Waals surface area contributed by atoms with Crippen LogP contribution in [0.4, 0.5) is 0 Å². The molecule has 1 N–H and O–H groups in total. The number of carbonyl (C=O) groups excluding carboxylic acids is 2. The molecule has 0 aromatic heterocycles. The highest BCUT2D eigenvalue weighted by Gasteiger charge is 2.32. The number of ether oxygens (including phenoxy) is 1. The van der Waals surface area contributed by atoms with Crippen molar-refractivity contribution in [2.24, 2.45) is 5.92 Å². The standard InChI is InChI=1S/C16H28N2O3/c1-12(2)10-14-16(20)18(11-15(19)17-14)8-9-21-13-6-4-3-5-7-13/h12-14H,3-11H2,1-2H3,(H,17,19). The first-order valence-electron chi connectivity index (χ1n) is 8.26. The molecule has 1 heterocycles. The van der Waals surface area contributed by atoms with Crippen molar-refractivity contribution in [1.29, 1.82) is 0 Å². The van der Waals surface area contributed by atoms with Crippen molar-refractivity contribution < 1.29 is 14.3 Å². The lowest BCUT2D eigenvalue weighted by molar-refractivity contribution is -0.145. The van der Waals surface area contributed by atoms with Crippen LogP contribution in [0, 0.1) is 5.92 Å². The Morgan fingerprint density at radius 2 is 1.95 bits per heavy atom. The van der Waals surface area contributed by atoms with Crippen LogP contribution in [0.25, 0.3) is 0 Å². The lowest BCUT2D eigenvalue weighted by Crippen LogP contribution is -2.58. The molecule has 21 heavy (non-hydrogen) atoms. The third-order valence-corrected chi connectivity index (χ3v) is 4.25. The average Bonchev–Trinajstić information content (AvgIpc) is 2.44. The molecule has 0 aromatic rings. The summed E-state index contributed by atoms with van der Waals surface area (Å²) in [4.78, 5) is 25.7. The maximum absolute atomic E-state index is 12.3. The molecule has 0 radical (unpaired) electrons. The van der Waals surface area contributed by atoms with Gasteiger partial charge in [-0.2, -0.15) is 0 Å². The van der Waals surface area contributed by atoms with Gasteiger partial charge in [-0.15, -0.1) is 0 Å². The van der Waals surface area contributed by atoms with Crippen LogP contribution in [-0.2, 0) is 14.3 Å². The van der Waals surface area contributed by atoms with E-state index >= 15 is 0 Å². The number of rotatable bonds is 6. The summed E-state index contributed by atoms with van der Waals surface area (Å²) in [6.45, 7) is 5.35. The molecule has 0 spiro atoms. The van der Waals surface area contributed by atoms with Crippen LogP contribution in [0.3, 0.4) is 0 Å². The predicted molar refractivity (Wildman–Crippen MR) is 80.8 cm³/mol. The average molecular weight is 296 g/mol. The van der Waals surface area contributed by atoms with Crippen LogP contribution < -0.4 is 5.32 Å². The van der Waals surface area contributed by atoms with E-state index in [4.69, 9.17) is 4.74 Å². The minimum absolute atomic E-state index is 0.0375. The first kappa shape index (κ1) is 16.3. The van der Waals surface area contributed by atoms with Gasteiger partial charge >= 0.3 is 0 Å². The van der Waals surface area contributed by atoms with Gasteiger partial charge < -0.3 is 15.0 Å². The van der Waals surface area contributed by atoms with Crippen molar-refractivity contribution >= 4 is 11.8 Å². The van der Waals surface area contributed by atoms with E-state index in [1.165, 1.54) is 19.3 Å². The number of piperazine rings is 1. The highest BCUT2D eigenvalue weighted by molar-refractivity contribution is 5.94. The summed E-state index contributed by atoms with van der Waals surface area (Å²) in [5.74, 6) is 0.367. The Hall–Kier alpha value is -1.10. The maximum Gasteiger partial charge on any atom is 0.245 e. The Bertz CT molecular complexity index is 365. The number of nitrogens with one attached hydrogen (secondary N) is 1. The molecule has 1 saturated carbocycles. The minimum Gasteiger partial charge on any atom is -0.376 e. The first-order chi connectivity index (χ1) is 10.1. The van der Waals surface area contributed by atoms with Crippen LogP contribution >= 0.6 is 0 Å². The third kappa shape index (κ3) is 4.99. The van der Waals surface area contributed by atoms with Gasteiger partial charge in [0.15, 0.2) is 0 Å². The fraction of sp³-hybridized carbons (Fsp3) is 0.875. The van der Waals surface area contributed by atoms with Gasteiger partial charge in [0.05, 0.1) is 19.3 Å². The number of nitrogens with zero attached hydrogens (tertiary/aromatic N) is 1. The van der Waals surface area contributed by atoms with E-state index in [-0.39, 0.29) is 24.4 Å². The smallest absolute Gasteiger partial charge is 0.245 e. The van der Waals surface area contributed by atoms with E-state index in [9.17, 15) is 9.59 Å². The Morgan fingerprint density at radius 1 is 1.24 bits per heavy atom. The molecule has 2 rings (SSSR count). The van der Waals surface area contributed by atoms with Gasteiger partial charge in [-0.1, -0.05) is 33.1 Å². The molecular weight excluding hydrogens is 268 g/mol. The fourth-order valence-electron chi connectivity index (χ4n) is 3.16. The van der Waals surface area contributed by atoms with Crippen LogP contribution in [0.2, 0.25) is 0 Å². The topological polar surface area (TPSA) is 58.6 Å². The second-order valence-corrected chi connectivity index (χ2v) is 6.64. The molecule has 2 fully saturated rings. The van der Waals surface area contributed by atoms with Crippen LogP contribution in [-0.4, -0.2) is 48.6 Å². The van der Waals surface area contributed by atoms with E-state index in [1.54, 1.807) is 4.90 Å². The Kier molecular flexibility index (Phi) is 6.03. The molecular formula is C16H28N2O3. The van der Waals surface area contributed by atoms with Gasteiger partial charge in [0.2, 0.25) is 11.8 Å². The predicted octanol–water partition coefficient (Wildman–Crippen LogP) is 1.71. The number of carbonyl (C=O) groups is 2. The molecule has 1 atom stereocenters. The third-order valence-electron chi connectivity index (χ3n) is 4.25. The maximum atomic E-state index is 12.3. The van der Waals surface area contributed by atoms with Gasteiger partial charge in [0.1, 0.15) is 6.04 Å². The number of amides is 2. The van der Waals surface area contributed by atoms with Crippen molar-refractivity contribution in [2.75, 3.05) is 19.7 Å². The molecule has 5 heteroatoms. The second kappa shape index (κ2) is 7.78. The lowest BCUT2D eigenvalue weighted by Gasteiger charge is -2.33. The van der Waals surface area contributed by atoms with Crippen molar-refractivity contribution in [1.82, 2.24) is 10.2 Å². The molecule has 1 unspecified atom stereocenters. The molecule has 2 aliphatic rings. The van der Waals surface area contributed by atoms with E-state index < -0.39 is 0 Å². The van der Waals surface area contributed by atoms with Gasteiger partial charge in [-0.05, 0) is 25.2 Å². The summed E-state index contributed by atoms with van der Waals surface area (Å²) in [7, 11) is 0. The molecule has 120 valence electrons. The summed E-state index contributed by atoms with van der Waals surface area (Å²) in [5, 5.41) is 2.80. The van der Waals surface area contributed by atoms with Crippen molar-refractivity contribution in [3.05, 3.63) is 0 Å². The summed E-state index contributed by atoms with van der Waals surface area (Å²) >= 11 is 0. The van der Waals surface area contributed by atoms with E-state index in [0.29, 0.717) is 31.6 Å². The number of hydrogen-bond acceptors (Lipinski definition) is 3. The lowest BCUT2D eigenvalue weighted by atomic mass is 9.98. The Balaban J connectivity index is 1.77. The van der Waals surface area contributed by atoms with Gasteiger partial charge in [0, 0.05) is 6.54 Å². The molecule has 1 aliphatic heterocycles. The van der Waals surface area contributed by atoms with Crippen LogP contribution in [0.1, 0.15) is 52.4 Å². The van der Waals surface area contributed by atoms with Gasteiger partial charge in [0.25, 0.3) is 0 Å². The second-order valence-electron chi connectivity index (χ2n) is 6.64. The molecule has 1 aliphatic carbocycles. The molecule has 2 amide bonds. The SMILES string of the molecule is CC(C)CC1NC(=O)CN(CCOC2CCCCC2)C1=O. The van der Waals surface area contributed by atoms with E-state index in [2.05, 4.69) is 19.2 Å². The van der Waals surface area contributed by atoms with Gasteiger partial charge in [-0.3, -0.25) is 9.59 Å². The number of hydrogen-bond donors (Lipinski definition) is 1. The van der Waals surface area contributed by atoms with Crippen molar-refractivity contribution in [3.8, 4) is 0 Å². The quantitative estimate of drug-likeness (QED) is 0.812. The first-order valence-corrected chi connectivity index (χ1v) is 8.26. The monoisotopic (exact) mass is 296 g/mol. The summed E-state index contributed by atoms with van der Waals surface area (Å²) < 4.78 is 5.86. The Morgan fingerprint density at radius 3 is 2.62 bits per heavy atom. The Labute approximate surface area is 127 Å². The molecule has 5 nitrogen and oxygen atoms in total. The van der Waals surface area contributed by atoms with Crippen LogP contribution in [0.15, 0.2) is 0 Å². The molecule has 0 bridgehead atoms. The summed E-state index contributed by atoms with van der Waals surface area (Å²) in [5.41, 5.74) is 0.